The number of methoxy groups -OCH3 is 1. The van der Waals surface area contributed by atoms with Gasteiger partial charge < -0.3 is 15.2 Å². The quantitative estimate of drug-likeness (QED) is 0.848. The molecule has 0 bridgehead atoms. The molecule has 3 amide bonds. The molecule has 0 heterocycles. The van der Waals surface area contributed by atoms with Crippen LogP contribution in [0.4, 0.5) is 18.0 Å². The minimum atomic E-state index is -4.85. The van der Waals surface area contributed by atoms with Crippen LogP contribution in [0.25, 0.3) is 0 Å². The number of benzene rings is 1. The van der Waals surface area contributed by atoms with Crippen LogP contribution >= 0.6 is 0 Å². The standard InChI is InChI=1S/C17H21F3N2O4/c1-22(16(25)21-10-6-4-3-5-7-10)15(24)11-8-13(23)14(26-2)9-12(11)17(18,19)20/h8-10,23H,3-7H2,1-2H3,(H,21,25). The highest BCUT2D eigenvalue weighted by Crippen LogP contribution is 2.39. The molecule has 0 aliphatic heterocycles. The zero-order valence-corrected chi connectivity index (χ0v) is 14.5. The average Bonchev–Trinajstić information content (AvgIpc) is 2.60. The van der Waals surface area contributed by atoms with Crippen molar-refractivity contribution >= 4 is 11.9 Å². The SMILES string of the molecule is COc1cc(C(F)(F)F)c(C(=O)N(C)C(=O)NC2CCCCC2)cc1O. The van der Waals surface area contributed by atoms with E-state index < -0.39 is 40.7 Å². The van der Waals surface area contributed by atoms with E-state index in [0.717, 1.165) is 46.3 Å². The maximum atomic E-state index is 13.3. The molecule has 0 unspecified atom stereocenters. The molecule has 0 atom stereocenters. The Bertz CT molecular complexity index is 685. The second-order valence-electron chi connectivity index (χ2n) is 6.22. The number of nitrogens with one attached hydrogen (secondary N) is 1. The van der Waals surface area contributed by atoms with E-state index in [9.17, 15) is 27.9 Å². The average molecular weight is 374 g/mol. The van der Waals surface area contributed by atoms with E-state index in [1.165, 1.54) is 0 Å². The number of phenolic OH excluding ortho intramolecular Hbond substituents is 1. The van der Waals surface area contributed by atoms with Gasteiger partial charge in [0, 0.05) is 13.1 Å². The number of hydrogen-bond acceptors (Lipinski definition) is 4. The van der Waals surface area contributed by atoms with Gasteiger partial charge in [0.15, 0.2) is 11.5 Å². The Hall–Kier alpha value is -2.45. The lowest BCUT2D eigenvalue weighted by Crippen LogP contribution is -2.46. The summed E-state index contributed by atoms with van der Waals surface area (Å²) >= 11 is 0. The van der Waals surface area contributed by atoms with Gasteiger partial charge in [0.1, 0.15) is 0 Å². The molecule has 0 spiro atoms. The van der Waals surface area contributed by atoms with Gasteiger partial charge in [-0.3, -0.25) is 9.69 Å². The van der Waals surface area contributed by atoms with Crippen molar-refractivity contribution in [2.24, 2.45) is 0 Å². The lowest BCUT2D eigenvalue weighted by atomic mass is 9.96. The Balaban J connectivity index is 2.26. The van der Waals surface area contributed by atoms with Crippen molar-refractivity contribution in [2.75, 3.05) is 14.2 Å². The second-order valence-corrected chi connectivity index (χ2v) is 6.22. The van der Waals surface area contributed by atoms with Crippen LogP contribution in [0.3, 0.4) is 0 Å². The number of aromatic hydroxyl groups is 1. The summed E-state index contributed by atoms with van der Waals surface area (Å²) in [5.41, 5.74) is -2.11. The summed E-state index contributed by atoms with van der Waals surface area (Å²) < 4.78 is 44.5. The maximum Gasteiger partial charge on any atom is 0.417 e. The summed E-state index contributed by atoms with van der Waals surface area (Å²) in [5, 5.41) is 12.4. The Morgan fingerprint density at radius 2 is 1.85 bits per heavy atom. The fourth-order valence-electron chi connectivity index (χ4n) is 2.93. The topological polar surface area (TPSA) is 78.9 Å². The van der Waals surface area contributed by atoms with Gasteiger partial charge in [-0.15, -0.1) is 0 Å². The Morgan fingerprint density at radius 3 is 2.38 bits per heavy atom. The number of rotatable bonds is 3. The summed E-state index contributed by atoms with van der Waals surface area (Å²) in [6.45, 7) is 0. The number of halogens is 3. The fraction of sp³-hybridized carbons (Fsp3) is 0.529. The molecule has 1 fully saturated rings. The van der Waals surface area contributed by atoms with Crippen molar-refractivity contribution < 1.29 is 32.6 Å². The molecule has 0 radical (unpaired) electrons. The first-order valence-corrected chi connectivity index (χ1v) is 8.22. The van der Waals surface area contributed by atoms with E-state index >= 15 is 0 Å². The van der Waals surface area contributed by atoms with Crippen LogP contribution in [0.2, 0.25) is 0 Å². The second kappa shape index (κ2) is 7.84. The van der Waals surface area contributed by atoms with Gasteiger partial charge in [-0.1, -0.05) is 19.3 Å². The van der Waals surface area contributed by atoms with Crippen molar-refractivity contribution in [3.05, 3.63) is 23.3 Å². The number of amides is 3. The zero-order chi connectivity index (χ0) is 19.5. The molecule has 1 aromatic carbocycles. The van der Waals surface area contributed by atoms with Crippen LogP contribution in [0.15, 0.2) is 12.1 Å². The molecular weight excluding hydrogens is 353 g/mol. The van der Waals surface area contributed by atoms with Gasteiger partial charge in [-0.05, 0) is 25.0 Å². The zero-order valence-electron chi connectivity index (χ0n) is 14.5. The van der Waals surface area contributed by atoms with E-state index in [1.54, 1.807) is 0 Å². The summed E-state index contributed by atoms with van der Waals surface area (Å²) in [7, 11) is 2.20. The summed E-state index contributed by atoms with van der Waals surface area (Å²) in [6, 6.07) is 0.326. The lowest BCUT2D eigenvalue weighted by molar-refractivity contribution is -0.138. The van der Waals surface area contributed by atoms with Gasteiger partial charge in [-0.25, -0.2) is 4.79 Å². The van der Waals surface area contributed by atoms with Crippen LogP contribution in [-0.2, 0) is 6.18 Å². The monoisotopic (exact) mass is 374 g/mol. The smallest absolute Gasteiger partial charge is 0.417 e. The number of carbonyl (C=O) groups excluding carboxylic acids is 2. The molecule has 0 saturated heterocycles. The highest BCUT2D eigenvalue weighted by molar-refractivity contribution is 6.05. The van der Waals surface area contributed by atoms with Crippen molar-refractivity contribution in [3.63, 3.8) is 0 Å². The Morgan fingerprint density at radius 1 is 1.23 bits per heavy atom. The molecule has 2 N–H and O–H groups in total. The molecule has 9 heteroatoms. The molecule has 144 valence electrons. The van der Waals surface area contributed by atoms with Crippen molar-refractivity contribution in [1.29, 1.82) is 0 Å². The third-order valence-corrected chi connectivity index (χ3v) is 4.40. The third-order valence-electron chi connectivity index (χ3n) is 4.40. The van der Waals surface area contributed by atoms with E-state index in [-0.39, 0.29) is 6.04 Å². The number of ether oxygens (including phenoxy) is 1. The molecule has 1 aromatic rings. The van der Waals surface area contributed by atoms with Gasteiger partial charge >= 0.3 is 12.2 Å². The van der Waals surface area contributed by atoms with Crippen molar-refractivity contribution in [1.82, 2.24) is 10.2 Å². The van der Waals surface area contributed by atoms with E-state index in [4.69, 9.17) is 0 Å². The molecule has 26 heavy (non-hydrogen) atoms. The molecule has 1 aliphatic rings. The molecular formula is C17H21F3N2O4. The Labute approximate surface area is 148 Å². The maximum absolute atomic E-state index is 13.3. The predicted molar refractivity (Wildman–Crippen MR) is 87.2 cm³/mol. The molecule has 1 saturated carbocycles. The fourth-order valence-corrected chi connectivity index (χ4v) is 2.93. The predicted octanol–water partition coefficient (Wildman–Crippen LogP) is 3.53. The third kappa shape index (κ3) is 4.39. The van der Waals surface area contributed by atoms with Gasteiger partial charge in [0.25, 0.3) is 5.91 Å². The van der Waals surface area contributed by atoms with Crippen LogP contribution in [0, 0.1) is 0 Å². The van der Waals surface area contributed by atoms with E-state index in [1.807, 2.05) is 0 Å². The number of urea groups is 1. The van der Waals surface area contributed by atoms with Crippen LogP contribution in [-0.4, -0.2) is 42.1 Å². The van der Waals surface area contributed by atoms with Gasteiger partial charge in [-0.2, -0.15) is 13.2 Å². The first-order valence-electron chi connectivity index (χ1n) is 8.22. The minimum Gasteiger partial charge on any atom is -0.504 e. The van der Waals surface area contributed by atoms with Crippen molar-refractivity contribution in [2.45, 2.75) is 44.3 Å². The Kier molecular flexibility index (Phi) is 5.99. The van der Waals surface area contributed by atoms with E-state index in [0.29, 0.717) is 17.0 Å². The highest BCUT2D eigenvalue weighted by atomic mass is 19.4. The van der Waals surface area contributed by atoms with Gasteiger partial charge in [0.05, 0.1) is 18.2 Å². The lowest BCUT2D eigenvalue weighted by Gasteiger charge is -2.26. The number of carbonyl (C=O) groups is 2. The first kappa shape index (κ1) is 19.9. The van der Waals surface area contributed by atoms with Gasteiger partial charge in [0.2, 0.25) is 0 Å². The van der Waals surface area contributed by atoms with Crippen LogP contribution in [0.1, 0.15) is 48.0 Å². The van der Waals surface area contributed by atoms with Crippen LogP contribution < -0.4 is 10.1 Å². The van der Waals surface area contributed by atoms with E-state index in [2.05, 4.69) is 10.1 Å². The summed E-state index contributed by atoms with van der Waals surface area (Å²) in [4.78, 5) is 25.3. The molecule has 6 nitrogen and oxygen atoms in total. The number of nitrogens with zero attached hydrogens (tertiary/aromatic N) is 1. The highest BCUT2D eigenvalue weighted by Gasteiger charge is 2.38. The number of phenols is 1. The minimum absolute atomic E-state index is 0.0992. The van der Waals surface area contributed by atoms with Crippen molar-refractivity contribution in [3.8, 4) is 11.5 Å². The molecule has 2 rings (SSSR count). The number of alkyl halides is 3. The number of imide groups is 1. The largest absolute Gasteiger partial charge is 0.504 e. The molecule has 1 aliphatic carbocycles. The summed E-state index contributed by atoms with van der Waals surface area (Å²) in [5.74, 6) is -2.20. The normalized spacial score (nSPS) is 15.4. The first-order chi connectivity index (χ1) is 12.1. The summed E-state index contributed by atoms with van der Waals surface area (Å²) in [6.07, 6.45) is -0.343. The number of hydrogen-bond donors (Lipinski definition) is 2. The van der Waals surface area contributed by atoms with Crippen LogP contribution in [0.5, 0.6) is 11.5 Å². The molecule has 0 aromatic heterocycles.